The third-order valence-electron chi connectivity index (χ3n) is 4.38. The summed E-state index contributed by atoms with van der Waals surface area (Å²) in [5.41, 5.74) is 1.74. The highest BCUT2D eigenvalue weighted by atomic mass is 35.5. The van der Waals surface area contributed by atoms with Crippen LogP contribution in [0, 0.1) is 0 Å². The fourth-order valence-corrected chi connectivity index (χ4v) is 4.01. The number of esters is 1. The molecule has 2 aromatic rings. The Kier molecular flexibility index (Phi) is 5.68. The quantitative estimate of drug-likeness (QED) is 0.771. The van der Waals surface area contributed by atoms with E-state index in [1.807, 2.05) is 11.4 Å². The number of halogens is 1. The molecule has 1 N–H and O–H groups in total. The van der Waals surface area contributed by atoms with E-state index in [0.717, 1.165) is 18.4 Å². The zero-order valence-corrected chi connectivity index (χ0v) is 16.0. The molecule has 1 aliphatic heterocycles. The molecule has 0 spiro atoms. The molecule has 8 heteroatoms. The standard InChI is InChI=1S/C18H19ClN2O4S/c1-24-16-9-14(13(19)8-12(16)17(22)25-2)20-18(23)21-6-3-4-15(21)11-5-7-26-10-11/h5,7-10,15H,3-4,6H2,1-2H3,(H,20,23)/t15-/m0/s1. The summed E-state index contributed by atoms with van der Waals surface area (Å²) in [6, 6.07) is 4.84. The fourth-order valence-electron chi connectivity index (χ4n) is 3.10. The number of carbonyl (C=O) groups excluding carboxylic acids is 2. The lowest BCUT2D eigenvalue weighted by Gasteiger charge is -2.25. The van der Waals surface area contributed by atoms with Crippen LogP contribution < -0.4 is 10.1 Å². The fraction of sp³-hybridized carbons (Fsp3) is 0.333. The molecule has 0 radical (unpaired) electrons. The Labute approximate surface area is 160 Å². The minimum Gasteiger partial charge on any atom is -0.496 e. The largest absolute Gasteiger partial charge is 0.496 e. The predicted octanol–water partition coefficient (Wildman–Crippen LogP) is 4.57. The van der Waals surface area contributed by atoms with Crippen molar-refractivity contribution in [2.75, 3.05) is 26.1 Å². The van der Waals surface area contributed by atoms with Gasteiger partial charge in [0.1, 0.15) is 11.3 Å². The Morgan fingerprint density at radius 3 is 2.81 bits per heavy atom. The molecular formula is C18H19ClN2O4S. The number of ether oxygens (including phenoxy) is 2. The lowest BCUT2D eigenvalue weighted by Crippen LogP contribution is -2.34. The first-order valence-corrected chi connectivity index (χ1v) is 9.42. The van der Waals surface area contributed by atoms with Gasteiger partial charge in [-0.25, -0.2) is 9.59 Å². The first kappa shape index (κ1) is 18.5. The maximum absolute atomic E-state index is 12.8. The number of anilines is 1. The van der Waals surface area contributed by atoms with Gasteiger partial charge < -0.3 is 19.7 Å². The number of nitrogens with one attached hydrogen (secondary N) is 1. The van der Waals surface area contributed by atoms with Crippen molar-refractivity contribution < 1.29 is 19.1 Å². The van der Waals surface area contributed by atoms with E-state index in [-0.39, 0.29) is 28.4 Å². The molecule has 1 aliphatic rings. The van der Waals surface area contributed by atoms with Crippen LogP contribution in [0.4, 0.5) is 10.5 Å². The van der Waals surface area contributed by atoms with Gasteiger partial charge >= 0.3 is 12.0 Å². The van der Waals surface area contributed by atoms with Crippen LogP contribution in [0.15, 0.2) is 29.0 Å². The Morgan fingerprint density at radius 2 is 2.15 bits per heavy atom. The van der Waals surface area contributed by atoms with E-state index >= 15 is 0 Å². The second-order valence-electron chi connectivity index (χ2n) is 5.86. The second kappa shape index (κ2) is 7.97. The van der Waals surface area contributed by atoms with Gasteiger partial charge in [0.25, 0.3) is 0 Å². The summed E-state index contributed by atoms with van der Waals surface area (Å²) in [5.74, 6) is -0.272. The highest BCUT2D eigenvalue weighted by molar-refractivity contribution is 7.08. The molecule has 0 saturated carbocycles. The maximum Gasteiger partial charge on any atom is 0.341 e. The summed E-state index contributed by atoms with van der Waals surface area (Å²) in [6.45, 7) is 0.682. The topological polar surface area (TPSA) is 67.9 Å². The highest BCUT2D eigenvalue weighted by Crippen LogP contribution is 2.35. The van der Waals surface area contributed by atoms with Crippen LogP contribution >= 0.6 is 22.9 Å². The van der Waals surface area contributed by atoms with Gasteiger partial charge in [0, 0.05) is 12.6 Å². The second-order valence-corrected chi connectivity index (χ2v) is 7.05. The van der Waals surface area contributed by atoms with Crippen molar-refractivity contribution in [3.63, 3.8) is 0 Å². The summed E-state index contributed by atoms with van der Waals surface area (Å²) < 4.78 is 9.95. The van der Waals surface area contributed by atoms with Gasteiger partial charge in [0.2, 0.25) is 0 Å². The summed E-state index contributed by atoms with van der Waals surface area (Å²) in [6.07, 6.45) is 1.88. The van der Waals surface area contributed by atoms with E-state index in [4.69, 9.17) is 21.1 Å². The number of nitrogens with zero attached hydrogens (tertiary/aromatic N) is 1. The van der Waals surface area contributed by atoms with E-state index in [0.29, 0.717) is 12.2 Å². The van der Waals surface area contributed by atoms with Gasteiger partial charge in [-0.3, -0.25) is 0 Å². The Morgan fingerprint density at radius 1 is 1.35 bits per heavy atom. The number of rotatable bonds is 4. The number of hydrogen-bond donors (Lipinski definition) is 1. The van der Waals surface area contributed by atoms with Crippen molar-refractivity contribution in [1.29, 1.82) is 0 Å². The molecule has 2 amide bonds. The third kappa shape index (κ3) is 3.64. The number of carbonyl (C=O) groups is 2. The maximum atomic E-state index is 12.8. The van der Waals surface area contributed by atoms with Gasteiger partial charge in [-0.1, -0.05) is 11.6 Å². The van der Waals surface area contributed by atoms with E-state index < -0.39 is 5.97 Å². The number of likely N-dealkylation sites (tertiary alicyclic amines) is 1. The van der Waals surface area contributed by atoms with E-state index in [1.165, 1.54) is 26.4 Å². The number of urea groups is 1. The van der Waals surface area contributed by atoms with Crippen molar-refractivity contribution in [2.45, 2.75) is 18.9 Å². The molecule has 1 saturated heterocycles. The minimum absolute atomic E-state index is 0.0660. The number of hydrogen-bond acceptors (Lipinski definition) is 5. The van der Waals surface area contributed by atoms with Crippen molar-refractivity contribution >= 4 is 40.6 Å². The van der Waals surface area contributed by atoms with Crippen LogP contribution in [0.25, 0.3) is 0 Å². The van der Waals surface area contributed by atoms with Crippen LogP contribution in [0.5, 0.6) is 5.75 Å². The summed E-state index contributed by atoms with van der Waals surface area (Å²) in [5, 5.41) is 7.15. The Bertz CT molecular complexity index is 810. The molecule has 2 heterocycles. The molecule has 1 fully saturated rings. The van der Waals surface area contributed by atoms with Crippen molar-refractivity contribution in [2.24, 2.45) is 0 Å². The molecule has 26 heavy (non-hydrogen) atoms. The monoisotopic (exact) mass is 394 g/mol. The average Bonchev–Trinajstić information content (AvgIpc) is 3.33. The van der Waals surface area contributed by atoms with Gasteiger partial charge in [0.05, 0.1) is 31.0 Å². The first-order chi connectivity index (χ1) is 12.5. The van der Waals surface area contributed by atoms with Crippen LogP contribution in [0.2, 0.25) is 5.02 Å². The number of methoxy groups -OCH3 is 2. The van der Waals surface area contributed by atoms with Crippen LogP contribution in [-0.4, -0.2) is 37.7 Å². The van der Waals surface area contributed by atoms with Crippen LogP contribution in [-0.2, 0) is 4.74 Å². The number of thiophene rings is 1. The molecule has 3 rings (SSSR count). The lowest BCUT2D eigenvalue weighted by atomic mass is 10.1. The molecule has 0 unspecified atom stereocenters. The Balaban J connectivity index is 1.82. The van der Waals surface area contributed by atoms with Crippen molar-refractivity contribution in [1.82, 2.24) is 4.90 Å². The molecule has 0 aliphatic carbocycles. The van der Waals surface area contributed by atoms with Crippen molar-refractivity contribution in [3.05, 3.63) is 45.1 Å². The van der Waals surface area contributed by atoms with Gasteiger partial charge in [-0.05, 0) is 41.3 Å². The first-order valence-electron chi connectivity index (χ1n) is 8.10. The molecule has 138 valence electrons. The third-order valence-corrected chi connectivity index (χ3v) is 5.39. The molecule has 1 aromatic carbocycles. The average molecular weight is 395 g/mol. The number of amides is 2. The van der Waals surface area contributed by atoms with Crippen LogP contribution in [0.1, 0.15) is 34.8 Å². The molecule has 0 bridgehead atoms. The Hall–Kier alpha value is -2.25. The molecule has 1 atom stereocenters. The zero-order valence-electron chi connectivity index (χ0n) is 14.5. The zero-order chi connectivity index (χ0) is 18.7. The van der Waals surface area contributed by atoms with Gasteiger partial charge in [-0.2, -0.15) is 11.3 Å². The SMILES string of the molecule is COC(=O)c1cc(Cl)c(NC(=O)N2CCC[C@H]2c2ccsc2)cc1OC. The highest BCUT2D eigenvalue weighted by Gasteiger charge is 2.30. The predicted molar refractivity (Wildman–Crippen MR) is 101 cm³/mol. The van der Waals surface area contributed by atoms with E-state index in [9.17, 15) is 9.59 Å². The number of benzene rings is 1. The summed E-state index contributed by atoms with van der Waals surface area (Å²) in [7, 11) is 2.72. The molecule has 1 aromatic heterocycles. The lowest BCUT2D eigenvalue weighted by molar-refractivity contribution is 0.0597. The van der Waals surface area contributed by atoms with Gasteiger partial charge in [0.15, 0.2) is 0 Å². The minimum atomic E-state index is -0.557. The smallest absolute Gasteiger partial charge is 0.341 e. The van der Waals surface area contributed by atoms with Crippen molar-refractivity contribution in [3.8, 4) is 5.75 Å². The van der Waals surface area contributed by atoms with E-state index in [1.54, 1.807) is 16.2 Å². The normalized spacial score (nSPS) is 16.4. The molecular weight excluding hydrogens is 376 g/mol. The van der Waals surface area contributed by atoms with Crippen LogP contribution in [0.3, 0.4) is 0 Å². The summed E-state index contributed by atoms with van der Waals surface area (Å²) >= 11 is 7.87. The molecule has 6 nitrogen and oxygen atoms in total. The van der Waals surface area contributed by atoms with E-state index in [2.05, 4.69) is 10.7 Å². The van der Waals surface area contributed by atoms with Gasteiger partial charge in [-0.15, -0.1) is 0 Å². The summed E-state index contributed by atoms with van der Waals surface area (Å²) in [4.78, 5) is 26.4.